The van der Waals surface area contributed by atoms with E-state index in [4.69, 9.17) is 4.74 Å². The molecular weight excluding hydrogens is 416 g/mol. The number of nitrogens with zero attached hydrogens (tertiary/aromatic N) is 1. The third-order valence-corrected chi connectivity index (χ3v) is 5.00. The van der Waals surface area contributed by atoms with Crippen molar-refractivity contribution in [2.75, 3.05) is 13.2 Å². The molecule has 9 heteroatoms. The SMILES string of the molecule is CCOc1c(F)c(-c2ccc(F)cc2)nc2cc(C(=O)NCCCC3=CNNN3)ccc12. The number of amides is 1. The van der Waals surface area contributed by atoms with Crippen LogP contribution >= 0.6 is 0 Å². The fourth-order valence-corrected chi connectivity index (χ4v) is 3.43. The second kappa shape index (κ2) is 9.61. The van der Waals surface area contributed by atoms with Gasteiger partial charge in [0.2, 0.25) is 0 Å². The number of allylic oxidation sites excluding steroid dienone is 1. The highest BCUT2D eigenvalue weighted by atomic mass is 19.1. The Bertz CT molecular complexity index is 1170. The fourth-order valence-electron chi connectivity index (χ4n) is 3.43. The molecule has 166 valence electrons. The Hall–Kier alpha value is -3.72. The quantitative estimate of drug-likeness (QED) is 0.402. The maximum absolute atomic E-state index is 15.2. The van der Waals surface area contributed by atoms with Crippen molar-refractivity contribution in [3.8, 4) is 17.0 Å². The van der Waals surface area contributed by atoms with Gasteiger partial charge in [-0.3, -0.25) is 4.79 Å². The maximum atomic E-state index is 15.2. The molecule has 0 fully saturated rings. The van der Waals surface area contributed by atoms with Crippen molar-refractivity contribution in [1.29, 1.82) is 0 Å². The lowest BCUT2D eigenvalue weighted by atomic mass is 10.1. The molecule has 0 atom stereocenters. The van der Waals surface area contributed by atoms with Crippen LogP contribution in [-0.2, 0) is 0 Å². The molecule has 2 heterocycles. The summed E-state index contributed by atoms with van der Waals surface area (Å²) in [5, 5.41) is 3.35. The summed E-state index contributed by atoms with van der Waals surface area (Å²) in [6, 6.07) is 10.3. The van der Waals surface area contributed by atoms with Gasteiger partial charge >= 0.3 is 0 Å². The van der Waals surface area contributed by atoms with E-state index in [0.29, 0.717) is 28.6 Å². The van der Waals surface area contributed by atoms with E-state index in [-0.39, 0.29) is 24.0 Å². The lowest BCUT2D eigenvalue weighted by Gasteiger charge is -2.13. The van der Waals surface area contributed by atoms with Crippen molar-refractivity contribution >= 4 is 16.8 Å². The fraction of sp³-hybridized carbons (Fsp3) is 0.217. The van der Waals surface area contributed by atoms with Gasteiger partial charge in [-0.25, -0.2) is 13.8 Å². The average Bonchev–Trinajstić information content (AvgIpc) is 3.32. The van der Waals surface area contributed by atoms with Crippen LogP contribution in [0.4, 0.5) is 8.78 Å². The van der Waals surface area contributed by atoms with Crippen LogP contribution in [0.2, 0.25) is 0 Å². The molecule has 4 N–H and O–H groups in total. The second-order valence-electron chi connectivity index (χ2n) is 7.20. The van der Waals surface area contributed by atoms with Crippen molar-refractivity contribution < 1.29 is 18.3 Å². The van der Waals surface area contributed by atoms with Gasteiger partial charge < -0.3 is 20.9 Å². The van der Waals surface area contributed by atoms with Crippen LogP contribution in [0.15, 0.2) is 54.4 Å². The minimum atomic E-state index is -0.623. The smallest absolute Gasteiger partial charge is 0.251 e. The molecule has 1 aromatic heterocycles. The number of hydrazine groups is 2. The number of benzene rings is 2. The Morgan fingerprint density at radius 1 is 1.16 bits per heavy atom. The summed E-state index contributed by atoms with van der Waals surface area (Å²) in [6.07, 6.45) is 3.36. The standard InChI is InChI=1S/C23H23F2N5O2/c1-2-32-22-18-10-7-15(23(31)26-11-3-4-17-13-27-30-29-17)12-19(18)28-21(20(22)25)14-5-8-16(24)9-6-14/h5-10,12-13,27,29-30H,2-4,11H2,1H3,(H,26,31). The molecule has 0 bridgehead atoms. The van der Waals surface area contributed by atoms with Crippen LogP contribution in [0.25, 0.3) is 22.2 Å². The summed E-state index contributed by atoms with van der Waals surface area (Å²) < 4.78 is 34.1. The third kappa shape index (κ3) is 4.62. The highest BCUT2D eigenvalue weighted by Gasteiger charge is 2.19. The lowest BCUT2D eigenvalue weighted by molar-refractivity contribution is 0.0953. The molecule has 1 aliphatic rings. The minimum absolute atomic E-state index is 0.0399. The highest BCUT2D eigenvalue weighted by Crippen LogP contribution is 2.34. The molecule has 7 nitrogen and oxygen atoms in total. The molecule has 32 heavy (non-hydrogen) atoms. The Labute approximate surface area is 183 Å². The van der Waals surface area contributed by atoms with Gasteiger partial charge in [-0.05, 0) is 62.2 Å². The number of carbonyl (C=O) groups excluding carboxylic acids is 1. The van der Waals surface area contributed by atoms with Crippen molar-refractivity contribution in [3.05, 3.63) is 71.6 Å². The monoisotopic (exact) mass is 439 g/mol. The first-order valence-electron chi connectivity index (χ1n) is 10.3. The number of hydrogen-bond acceptors (Lipinski definition) is 6. The number of ether oxygens (including phenoxy) is 1. The number of rotatable bonds is 8. The molecule has 1 amide bonds. The summed E-state index contributed by atoms with van der Waals surface area (Å²) in [7, 11) is 0. The minimum Gasteiger partial charge on any atom is -0.490 e. The van der Waals surface area contributed by atoms with Gasteiger partial charge in [0.15, 0.2) is 11.6 Å². The summed E-state index contributed by atoms with van der Waals surface area (Å²) in [5.74, 6) is -1.24. The number of hydrogen-bond donors (Lipinski definition) is 4. The van der Waals surface area contributed by atoms with Gasteiger partial charge in [0.25, 0.3) is 5.91 Å². The molecule has 2 aromatic carbocycles. The van der Waals surface area contributed by atoms with E-state index < -0.39 is 11.6 Å². The molecule has 0 unspecified atom stereocenters. The van der Waals surface area contributed by atoms with Crippen LogP contribution in [-0.4, -0.2) is 24.0 Å². The molecule has 3 aromatic rings. The number of halogens is 2. The molecule has 0 saturated carbocycles. The summed E-state index contributed by atoms with van der Waals surface area (Å²) in [5.41, 5.74) is 10.8. The van der Waals surface area contributed by atoms with Crippen molar-refractivity contribution in [2.45, 2.75) is 19.8 Å². The van der Waals surface area contributed by atoms with Crippen LogP contribution in [0, 0.1) is 11.6 Å². The first-order chi connectivity index (χ1) is 15.6. The molecule has 4 rings (SSSR count). The Morgan fingerprint density at radius 2 is 1.97 bits per heavy atom. The van der Waals surface area contributed by atoms with E-state index in [0.717, 1.165) is 18.5 Å². The second-order valence-corrected chi connectivity index (χ2v) is 7.20. The van der Waals surface area contributed by atoms with E-state index in [2.05, 4.69) is 26.7 Å². The molecular formula is C23H23F2N5O2. The maximum Gasteiger partial charge on any atom is 0.251 e. The Kier molecular flexibility index (Phi) is 6.46. The zero-order valence-electron chi connectivity index (χ0n) is 17.5. The normalized spacial score (nSPS) is 12.8. The predicted molar refractivity (Wildman–Crippen MR) is 117 cm³/mol. The van der Waals surface area contributed by atoms with Gasteiger partial charge in [0.1, 0.15) is 11.5 Å². The van der Waals surface area contributed by atoms with E-state index in [1.807, 2.05) is 6.20 Å². The van der Waals surface area contributed by atoms with Gasteiger partial charge in [-0.2, -0.15) is 5.53 Å². The lowest BCUT2D eigenvalue weighted by Crippen LogP contribution is -2.31. The first-order valence-corrected chi connectivity index (χ1v) is 10.3. The highest BCUT2D eigenvalue weighted by molar-refractivity contribution is 5.99. The van der Waals surface area contributed by atoms with E-state index in [1.54, 1.807) is 25.1 Å². The summed E-state index contributed by atoms with van der Waals surface area (Å²) >= 11 is 0. The Morgan fingerprint density at radius 3 is 2.69 bits per heavy atom. The number of aromatic nitrogens is 1. The third-order valence-electron chi connectivity index (χ3n) is 5.00. The van der Waals surface area contributed by atoms with Crippen molar-refractivity contribution in [3.63, 3.8) is 0 Å². The largest absolute Gasteiger partial charge is 0.490 e. The van der Waals surface area contributed by atoms with Crippen LogP contribution < -0.4 is 26.4 Å². The summed E-state index contributed by atoms with van der Waals surface area (Å²) in [6.45, 7) is 2.52. The predicted octanol–water partition coefficient (Wildman–Crippen LogP) is 3.54. The molecule has 0 saturated heterocycles. The zero-order chi connectivity index (χ0) is 22.5. The van der Waals surface area contributed by atoms with Gasteiger partial charge in [-0.15, -0.1) is 0 Å². The average molecular weight is 439 g/mol. The van der Waals surface area contributed by atoms with E-state index >= 15 is 4.39 Å². The molecule has 0 radical (unpaired) electrons. The van der Waals surface area contributed by atoms with Crippen molar-refractivity contribution in [2.24, 2.45) is 0 Å². The zero-order valence-corrected chi connectivity index (χ0v) is 17.5. The van der Waals surface area contributed by atoms with Crippen LogP contribution in [0.5, 0.6) is 5.75 Å². The van der Waals surface area contributed by atoms with Gasteiger partial charge in [-0.1, -0.05) is 0 Å². The molecule has 0 spiro atoms. The van der Waals surface area contributed by atoms with Crippen molar-refractivity contribution in [1.82, 2.24) is 26.7 Å². The summed E-state index contributed by atoms with van der Waals surface area (Å²) in [4.78, 5) is 17.0. The van der Waals surface area contributed by atoms with E-state index in [1.165, 1.54) is 24.3 Å². The number of carbonyl (C=O) groups is 1. The number of pyridine rings is 1. The van der Waals surface area contributed by atoms with Crippen LogP contribution in [0.3, 0.4) is 0 Å². The first kappa shape index (κ1) is 21.5. The topological polar surface area (TPSA) is 87.3 Å². The number of fused-ring (bicyclic) bond motifs is 1. The molecule has 1 aliphatic heterocycles. The number of nitrogens with one attached hydrogen (secondary N) is 4. The van der Waals surface area contributed by atoms with Gasteiger partial charge in [0.05, 0.1) is 12.1 Å². The van der Waals surface area contributed by atoms with Crippen LogP contribution in [0.1, 0.15) is 30.1 Å². The Balaban J connectivity index is 1.59. The molecule has 0 aliphatic carbocycles. The van der Waals surface area contributed by atoms with Gasteiger partial charge in [0, 0.05) is 35.0 Å². The van der Waals surface area contributed by atoms with E-state index in [9.17, 15) is 9.18 Å².